The van der Waals surface area contributed by atoms with Crippen LogP contribution in [0.1, 0.15) is 24.0 Å². The number of amides is 2. The Kier molecular flexibility index (Phi) is 6.01. The van der Waals surface area contributed by atoms with Crippen molar-refractivity contribution >= 4 is 39.3 Å². The smallest absolute Gasteiger partial charge is 0.262 e. The summed E-state index contributed by atoms with van der Waals surface area (Å²) in [5.41, 5.74) is 6.26. The number of aryl methyl sites for hydroxylation is 1. The monoisotopic (exact) mass is 370 g/mol. The maximum Gasteiger partial charge on any atom is 0.262 e. The number of halogens is 1. The van der Waals surface area contributed by atoms with E-state index in [4.69, 9.17) is 11.6 Å². The third kappa shape index (κ3) is 5.65. The van der Waals surface area contributed by atoms with Crippen LogP contribution in [0.15, 0.2) is 24.3 Å². The van der Waals surface area contributed by atoms with E-state index in [9.17, 15) is 18.0 Å². The Bertz CT molecular complexity index is 774. The first-order valence-corrected chi connectivity index (χ1v) is 9.68. The lowest BCUT2D eigenvalue weighted by atomic mass is 10.1. The molecule has 1 aromatic carbocycles. The summed E-state index contributed by atoms with van der Waals surface area (Å²) in [5.74, 6) is -0.921. The number of hydrogen-bond acceptors (Lipinski definition) is 4. The number of sulfone groups is 1. The predicted octanol–water partition coefficient (Wildman–Crippen LogP) is 1.63. The van der Waals surface area contributed by atoms with Gasteiger partial charge in [-0.05, 0) is 42.5 Å². The molecule has 1 atom stereocenters. The van der Waals surface area contributed by atoms with E-state index in [-0.39, 0.29) is 23.8 Å². The van der Waals surface area contributed by atoms with Gasteiger partial charge in [-0.1, -0.05) is 23.7 Å². The Hall–Kier alpha value is -1.86. The van der Waals surface area contributed by atoms with Crippen LogP contribution in [-0.4, -0.2) is 31.7 Å². The molecule has 1 fully saturated rings. The van der Waals surface area contributed by atoms with E-state index < -0.39 is 21.7 Å². The summed E-state index contributed by atoms with van der Waals surface area (Å²) in [6.45, 7) is 1.88. The van der Waals surface area contributed by atoms with Crippen LogP contribution in [0.2, 0.25) is 5.02 Å². The quantitative estimate of drug-likeness (QED) is 0.622. The van der Waals surface area contributed by atoms with Crippen molar-refractivity contribution in [3.63, 3.8) is 0 Å². The number of nitrogens with one attached hydrogen (secondary N) is 2. The van der Waals surface area contributed by atoms with Gasteiger partial charge in [0.15, 0.2) is 9.84 Å². The van der Waals surface area contributed by atoms with Crippen molar-refractivity contribution in [1.29, 1.82) is 0 Å². The normalized spacial score (nSPS) is 19.3. The van der Waals surface area contributed by atoms with Crippen LogP contribution in [0, 0.1) is 12.8 Å². The first-order chi connectivity index (χ1) is 11.2. The van der Waals surface area contributed by atoms with Crippen LogP contribution in [0.4, 0.5) is 0 Å². The summed E-state index contributed by atoms with van der Waals surface area (Å²) in [5, 5.41) is 0.609. The topological polar surface area (TPSA) is 92.3 Å². The van der Waals surface area contributed by atoms with Crippen molar-refractivity contribution in [2.24, 2.45) is 5.92 Å². The molecule has 2 amide bonds. The largest absolute Gasteiger partial charge is 0.273 e. The van der Waals surface area contributed by atoms with E-state index in [0.29, 0.717) is 11.4 Å². The summed E-state index contributed by atoms with van der Waals surface area (Å²) >= 11 is 6.00. The minimum atomic E-state index is -3.01. The van der Waals surface area contributed by atoms with E-state index in [0.717, 1.165) is 11.1 Å². The van der Waals surface area contributed by atoms with Gasteiger partial charge >= 0.3 is 0 Å². The van der Waals surface area contributed by atoms with E-state index in [1.54, 1.807) is 12.1 Å². The highest BCUT2D eigenvalue weighted by Crippen LogP contribution is 2.21. The van der Waals surface area contributed by atoms with Gasteiger partial charge in [0.2, 0.25) is 5.91 Å². The standard InChI is InChI=1S/C16H19ClN2O4S/c1-11-2-3-12(8-14(11)17)4-5-15(20)18-19-16(21)9-13-6-7-24(22,23)10-13/h2-5,8,13H,6-7,9-10H2,1H3,(H,18,20)(H,19,21)/b5-4+/t13-/m1/s1. The van der Waals surface area contributed by atoms with Crippen molar-refractivity contribution in [1.82, 2.24) is 10.9 Å². The summed E-state index contributed by atoms with van der Waals surface area (Å²) < 4.78 is 22.7. The molecule has 2 N–H and O–H groups in total. The highest BCUT2D eigenvalue weighted by atomic mass is 35.5. The number of hydrogen-bond donors (Lipinski definition) is 2. The first-order valence-electron chi connectivity index (χ1n) is 7.48. The predicted molar refractivity (Wildman–Crippen MR) is 92.9 cm³/mol. The molecule has 1 aromatic rings. The second kappa shape index (κ2) is 7.81. The fourth-order valence-corrected chi connectivity index (χ4v) is 4.45. The maximum absolute atomic E-state index is 11.7. The zero-order valence-corrected chi connectivity index (χ0v) is 14.8. The lowest BCUT2D eigenvalue weighted by Gasteiger charge is -2.08. The molecule has 0 saturated carbocycles. The minimum absolute atomic E-state index is 0.0302. The Balaban J connectivity index is 1.77. The van der Waals surface area contributed by atoms with Gasteiger partial charge < -0.3 is 0 Å². The van der Waals surface area contributed by atoms with Gasteiger partial charge in [0, 0.05) is 17.5 Å². The number of carbonyl (C=O) groups excluding carboxylic acids is 2. The summed E-state index contributed by atoms with van der Waals surface area (Å²) in [4.78, 5) is 23.4. The van der Waals surface area contributed by atoms with Crippen LogP contribution in [-0.2, 0) is 19.4 Å². The summed E-state index contributed by atoms with van der Waals surface area (Å²) in [7, 11) is -3.01. The molecule has 2 rings (SSSR count). The molecule has 1 aliphatic heterocycles. The molecule has 0 unspecified atom stereocenters. The van der Waals surface area contributed by atoms with E-state index in [1.807, 2.05) is 19.1 Å². The van der Waals surface area contributed by atoms with Gasteiger partial charge in [-0.2, -0.15) is 0 Å². The van der Waals surface area contributed by atoms with Crippen molar-refractivity contribution in [2.75, 3.05) is 11.5 Å². The lowest BCUT2D eigenvalue weighted by Crippen LogP contribution is -2.41. The second-order valence-corrected chi connectivity index (χ2v) is 8.49. The van der Waals surface area contributed by atoms with Gasteiger partial charge in [-0.25, -0.2) is 8.42 Å². The average molecular weight is 371 g/mol. The fraction of sp³-hybridized carbons (Fsp3) is 0.375. The van der Waals surface area contributed by atoms with Crippen LogP contribution < -0.4 is 10.9 Å². The van der Waals surface area contributed by atoms with Crippen molar-refractivity contribution in [2.45, 2.75) is 19.8 Å². The highest BCUT2D eigenvalue weighted by molar-refractivity contribution is 7.91. The molecule has 1 heterocycles. The van der Waals surface area contributed by atoms with Gasteiger partial charge in [-0.3, -0.25) is 20.4 Å². The third-order valence-electron chi connectivity index (χ3n) is 3.75. The number of benzene rings is 1. The zero-order valence-electron chi connectivity index (χ0n) is 13.2. The van der Waals surface area contributed by atoms with Crippen LogP contribution in [0.5, 0.6) is 0 Å². The van der Waals surface area contributed by atoms with E-state index in [2.05, 4.69) is 10.9 Å². The molecule has 0 spiro atoms. The van der Waals surface area contributed by atoms with Gasteiger partial charge in [-0.15, -0.1) is 0 Å². The van der Waals surface area contributed by atoms with Crippen LogP contribution in [0.3, 0.4) is 0 Å². The Morgan fingerprint density at radius 2 is 2.08 bits per heavy atom. The van der Waals surface area contributed by atoms with E-state index >= 15 is 0 Å². The Labute approximate surface area is 146 Å². The molecule has 0 aromatic heterocycles. The maximum atomic E-state index is 11.7. The second-order valence-electron chi connectivity index (χ2n) is 5.85. The van der Waals surface area contributed by atoms with Crippen molar-refractivity contribution in [3.8, 4) is 0 Å². The molecule has 1 saturated heterocycles. The van der Waals surface area contributed by atoms with Crippen LogP contribution in [0.25, 0.3) is 6.08 Å². The van der Waals surface area contributed by atoms with Gasteiger partial charge in [0.25, 0.3) is 5.91 Å². The molecular formula is C16H19ClN2O4S. The molecule has 130 valence electrons. The molecule has 0 bridgehead atoms. The molecule has 0 aliphatic carbocycles. The average Bonchev–Trinajstić information content (AvgIpc) is 2.85. The molecule has 1 aliphatic rings. The van der Waals surface area contributed by atoms with E-state index in [1.165, 1.54) is 6.08 Å². The zero-order chi connectivity index (χ0) is 17.7. The SMILES string of the molecule is Cc1ccc(/C=C/C(=O)NNC(=O)C[C@H]2CCS(=O)(=O)C2)cc1Cl. The third-order valence-corrected chi connectivity index (χ3v) is 5.99. The Morgan fingerprint density at radius 3 is 2.71 bits per heavy atom. The first kappa shape index (κ1) is 18.5. The minimum Gasteiger partial charge on any atom is -0.273 e. The molecule has 8 heteroatoms. The summed E-state index contributed by atoms with van der Waals surface area (Å²) in [6, 6.07) is 5.40. The molecule has 6 nitrogen and oxygen atoms in total. The van der Waals surface area contributed by atoms with Gasteiger partial charge in [0.1, 0.15) is 0 Å². The Morgan fingerprint density at radius 1 is 1.33 bits per heavy atom. The number of rotatable bonds is 4. The molecular weight excluding hydrogens is 352 g/mol. The molecule has 24 heavy (non-hydrogen) atoms. The van der Waals surface area contributed by atoms with Crippen LogP contribution >= 0.6 is 11.6 Å². The number of carbonyl (C=O) groups is 2. The highest BCUT2D eigenvalue weighted by Gasteiger charge is 2.29. The number of hydrazine groups is 1. The summed E-state index contributed by atoms with van der Waals surface area (Å²) in [6.07, 6.45) is 3.42. The fourth-order valence-electron chi connectivity index (χ4n) is 2.40. The lowest BCUT2D eigenvalue weighted by molar-refractivity contribution is -0.127. The molecule has 0 radical (unpaired) electrons. The van der Waals surface area contributed by atoms with Crippen molar-refractivity contribution < 1.29 is 18.0 Å². The van der Waals surface area contributed by atoms with Crippen molar-refractivity contribution in [3.05, 3.63) is 40.4 Å². The van der Waals surface area contributed by atoms with Gasteiger partial charge in [0.05, 0.1) is 11.5 Å².